The number of rotatable bonds is 12. The molecule has 1 heterocycles. The van der Waals surface area contributed by atoms with Crippen LogP contribution in [0.15, 0.2) is 24.9 Å². The molecule has 0 spiro atoms. The van der Waals surface area contributed by atoms with Crippen LogP contribution in [0.5, 0.6) is 0 Å². The molecule has 32 heavy (non-hydrogen) atoms. The Balaban J connectivity index is 1.66. The Labute approximate surface area is 196 Å². The van der Waals surface area contributed by atoms with Crippen LogP contribution in [0, 0.1) is 11.8 Å². The zero-order valence-corrected chi connectivity index (χ0v) is 20.0. The maximum absolute atomic E-state index is 13.3. The van der Waals surface area contributed by atoms with E-state index in [2.05, 4.69) is 28.5 Å². The minimum Gasteiger partial charge on any atom is -0.362 e. The van der Waals surface area contributed by atoms with E-state index in [9.17, 15) is 14.4 Å². The first kappa shape index (κ1) is 24.7. The third-order valence-corrected chi connectivity index (χ3v) is 8.10. The lowest BCUT2D eigenvalue weighted by Crippen LogP contribution is -2.54. The molecule has 3 fully saturated rings. The fourth-order valence-electron chi connectivity index (χ4n) is 4.82. The van der Waals surface area contributed by atoms with Crippen LogP contribution in [0.1, 0.15) is 64.7 Å². The number of likely N-dealkylation sites (tertiary alicyclic amines) is 1. The van der Waals surface area contributed by atoms with Gasteiger partial charge in [0.15, 0.2) is 0 Å². The van der Waals surface area contributed by atoms with Crippen LogP contribution in [-0.2, 0) is 14.4 Å². The van der Waals surface area contributed by atoms with E-state index in [1.54, 1.807) is 6.08 Å². The second kappa shape index (κ2) is 11.8. The molecule has 2 saturated carbocycles. The van der Waals surface area contributed by atoms with Crippen molar-refractivity contribution in [1.29, 1.82) is 0 Å². The van der Waals surface area contributed by atoms with Gasteiger partial charge >= 0.3 is 0 Å². The van der Waals surface area contributed by atoms with Gasteiger partial charge in [0.25, 0.3) is 5.91 Å². The smallest absolute Gasteiger partial charge is 0.252 e. The molecular formula is C24H38N4O3S. The summed E-state index contributed by atoms with van der Waals surface area (Å²) >= 11 is 1.45. The van der Waals surface area contributed by atoms with Crippen molar-refractivity contribution < 1.29 is 14.4 Å². The van der Waals surface area contributed by atoms with E-state index >= 15 is 0 Å². The number of nitrogens with zero attached hydrogens (tertiary/aromatic N) is 1. The molecule has 178 valence electrons. The number of carbonyl (C=O) groups is 3. The molecule has 7 nitrogen and oxygen atoms in total. The first-order chi connectivity index (χ1) is 15.5. The van der Waals surface area contributed by atoms with Gasteiger partial charge in [-0.1, -0.05) is 38.8 Å². The van der Waals surface area contributed by atoms with Gasteiger partial charge in [-0.15, -0.1) is 6.58 Å². The monoisotopic (exact) mass is 462 g/mol. The van der Waals surface area contributed by atoms with Crippen molar-refractivity contribution in [2.45, 2.75) is 88.1 Å². The van der Waals surface area contributed by atoms with Gasteiger partial charge in [-0.2, -0.15) is 0 Å². The lowest BCUT2D eigenvalue weighted by Gasteiger charge is -2.37. The van der Waals surface area contributed by atoms with E-state index in [1.165, 1.54) is 18.4 Å². The molecule has 8 heteroatoms. The van der Waals surface area contributed by atoms with Gasteiger partial charge in [0.2, 0.25) is 12.3 Å². The molecule has 4 atom stereocenters. The van der Waals surface area contributed by atoms with Gasteiger partial charge in [0, 0.05) is 23.4 Å². The summed E-state index contributed by atoms with van der Waals surface area (Å²) < 4.78 is 2.90. The average Bonchev–Trinajstić information content (AvgIpc) is 3.52. The molecule has 0 bridgehead atoms. The zero-order chi connectivity index (χ0) is 23.1. The second-order valence-corrected chi connectivity index (χ2v) is 10.5. The SMILES string of the molecule is C=C[C@H](C)C(NC(=O)C1CCCN1C(=C)[C@@H](NC=O)C1CCCCC1)C(=O)NSC1CC1. The summed E-state index contributed by atoms with van der Waals surface area (Å²) in [5.41, 5.74) is 0.809. The third kappa shape index (κ3) is 6.30. The lowest BCUT2D eigenvalue weighted by atomic mass is 9.82. The molecular weight excluding hydrogens is 424 g/mol. The van der Waals surface area contributed by atoms with E-state index in [0.717, 1.165) is 63.6 Å². The molecule has 0 aromatic rings. The Morgan fingerprint density at radius 2 is 1.81 bits per heavy atom. The molecule has 0 radical (unpaired) electrons. The molecule has 0 aromatic heterocycles. The van der Waals surface area contributed by atoms with E-state index in [4.69, 9.17) is 0 Å². The molecule has 1 saturated heterocycles. The van der Waals surface area contributed by atoms with Crippen LogP contribution in [0.2, 0.25) is 0 Å². The van der Waals surface area contributed by atoms with Crippen LogP contribution in [0.25, 0.3) is 0 Å². The highest BCUT2D eigenvalue weighted by Crippen LogP contribution is 2.33. The minimum absolute atomic E-state index is 0.151. The normalized spacial score (nSPS) is 24.2. The summed E-state index contributed by atoms with van der Waals surface area (Å²) in [6, 6.07) is -1.20. The Kier molecular flexibility index (Phi) is 9.08. The van der Waals surface area contributed by atoms with Crippen LogP contribution >= 0.6 is 11.9 Å². The highest BCUT2D eigenvalue weighted by atomic mass is 32.2. The van der Waals surface area contributed by atoms with Crippen LogP contribution in [0.4, 0.5) is 0 Å². The lowest BCUT2D eigenvalue weighted by molar-refractivity contribution is -0.131. The summed E-state index contributed by atoms with van der Waals surface area (Å²) in [7, 11) is 0. The third-order valence-electron chi connectivity index (χ3n) is 6.98. The largest absolute Gasteiger partial charge is 0.362 e. The molecule has 0 aromatic carbocycles. The number of carbonyl (C=O) groups excluding carboxylic acids is 3. The predicted molar refractivity (Wildman–Crippen MR) is 128 cm³/mol. The van der Waals surface area contributed by atoms with Crippen LogP contribution < -0.4 is 15.4 Å². The van der Waals surface area contributed by atoms with Gasteiger partial charge in [-0.25, -0.2) is 0 Å². The number of amides is 3. The summed E-state index contributed by atoms with van der Waals surface area (Å²) in [4.78, 5) is 39.4. The Morgan fingerprint density at radius 1 is 1.09 bits per heavy atom. The Hall–Kier alpha value is -1.96. The molecule has 3 amide bonds. The zero-order valence-electron chi connectivity index (χ0n) is 19.2. The van der Waals surface area contributed by atoms with E-state index in [1.807, 2.05) is 11.8 Å². The number of hydrogen-bond acceptors (Lipinski definition) is 5. The average molecular weight is 463 g/mol. The molecule has 2 unspecified atom stereocenters. The molecule has 3 N–H and O–H groups in total. The van der Waals surface area contributed by atoms with Crippen LogP contribution in [0.3, 0.4) is 0 Å². The first-order valence-electron chi connectivity index (χ1n) is 12.0. The maximum atomic E-state index is 13.3. The highest BCUT2D eigenvalue weighted by Gasteiger charge is 2.38. The van der Waals surface area contributed by atoms with Crippen molar-refractivity contribution in [1.82, 2.24) is 20.3 Å². The van der Waals surface area contributed by atoms with Gasteiger partial charge in [0.05, 0.1) is 6.04 Å². The highest BCUT2D eigenvalue weighted by molar-refractivity contribution is 7.98. The Bertz CT molecular complexity index is 705. The minimum atomic E-state index is -0.663. The summed E-state index contributed by atoms with van der Waals surface area (Å²) in [5.74, 6) is -0.191. The number of nitrogens with one attached hydrogen (secondary N) is 3. The van der Waals surface area contributed by atoms with Crippen LogP contribution in [-0.4, -0.2) is 53.0 Å². The Morgan fingerprint density at radius 3 is 2.44 bits per heavy atom. The van der Waals surface area contributed by atoms with Gasteiger partial charge < -0.3 is 15.5 Å². The standard InChI is InChI=1S/C24H38N4O3S/c1-4-16(2)21(24(31)27-32-19-12-13-19)26-23(30)20-11-8-14-28(20)17(3)22(25-15-29)18-9-6-5-7-10-18/h4,15-16,18-22H,1,3,5-14H2,2H3,(H,25,29)(H,26,30)(H,27,31)/t16-,20?,21?,22+/m0/s1. The second-order valence-electron chi connectivity index (χ2n) is 9.37. The fourth-order valence-corrected chi connectivity index (χ4v) is 5.60. The molecule has 1 aliphatic heterocycles. The summed E-state index contributed by atoms with van der Waals surface area (Å²) in [6.07, 6.45) is 11.9. The summed E-state index contributed by atoms with van der Waals surface area (Å²) in [6.45, 7) is 10.7. The van der Waals surface area contributed by atoms with E-state index in [-0.39, 0.29) is 29.8 Å². The van der Waals surface area contributed by atoms with Crippen molar-refractivity contribution in [2.24, 2.45) is 11.8 Å². The predicted octanol–water partition coefficient (Wildman–Crippen LogP) is 2.89. The van der Waals surface area contributed by atoms with Crippen molar-refractivity contribution in [3.63, 3.8) is 0 Å². The maximum Gasteiger partial charge on any atom is 0.252 e. The summed E-state index contributed by atoms with van der Waals surface area (Å²) in [5, 5.41) is 6.45. The van der Waals surface area contributed by atoms with Gasteiger partial charge in [-0.05, 0) is 56.4 Å². The molecule has 2 aliphatic carbocycles. The van der Waals surface area contributed by atoms with Gasteiger partial charge in [-0.3, -0.25) is 19.1 Å². The van der Waals surface area contributed by atoms with Crippen molar-refractivity contribution in [3.05, 3.63) is 24.9 Å². The topological polar surface area (TPSA) is 90.5 Å². The van der Waals surface area contributed by atoms with E-state index in [0.29, 0.717) is 17.6 Å². The number of hydrogen-bond donors (Lipinski definition) is 3. The molecule has 3 rings (SSSR count). The van der Waals surface area contributed by atoms with Crippen molar-refractivity contribution in [3.8, 4) is 0 Å². The van der Waals surface area contributed by atoms with Gasteiger partial charge in [0.1, 0.15) is 12.1 Å². The van der Waals surface area contributed by atoms with Crippen molar-refractivity contribution in [2.75, 3.05) is 6.54 Å². The molecule has 3 aliphatic rings. The van der Waals surface area contributed by atoms with E-state index < -0.39 is 6.04 Å². The first-order valence-corrected chi connectivity index (χ1v) is 12.9. The quantitative estimate of drug-likeness (QED) is 0.236. The van der Waals surface area contributed by atoms with Crippen molar-refractivity contribution >= 4 is 30.2 Å². The fraction of sp³-hybridized carbons (Fsp3) is 0.708.